The van der Waals surface area contributed by atoms with Crippen LogP contribution in [0, 0.1) is 11.8 Å². The van der Waals surface area contributed by atoms with Crippen molar-refractivity contribution in [3.63, 3.8) is 0 Å². The zero-order chi connectivity index (χ0) is 30.3. The normalized spacial score (nSPS) is 26.2. The Morgan fingerprint density at radius 2 is 1.63 bits per heavy atom. The van der Waals surface area contributed by atoms with E-state index in [2.05, 4.69) is 23.7 Å². The number of sulfonamides is 1. The fourth-order valence-electron chi connectivity index (χ4n) is 6.19. The maximum Gasteiger partial charge on any atom is 0.286 e. The highest BCUT2D eigenvalue weighted by atomic mass is 32.2. The number of thioether (sulfide) groups is 1. The Bertz CT molecular complexity index is 1660. The summed E-state index contributed by atoms with van der Waals surface area (Å²) in [6.45, 7) is 10.6. The van der Waals surface area contributed by atoms with E-state index < -0.39 is 10.0 Å². The second kappa shape index (κ2) is 12.0. The number of carbonyl (C=O) groups is 1. The van der Waals surface area contributed by atoms with E-state index in [-0.39, 0.29) is 23.0 Å². The molecule has 3 aromatic rings. The minimum absolute atomic E-state index is 0.0470. The van der Waals surface area contributed by atoms with Crippen LogP contribution in [0.25, 0.3) is 23.0 Å². The SMILES string of the molecule is CC1CC(C)CN(S(=O)(=O)c2cccc(-c3nn(-c4ccccc4)cc3/C=C3\SC(N4CC(C)OC(C)C4)=NC3=O)c2)C1. The molecule has 2 saturated heterocycles. The number of piperidine rings is 1. The van der Waals surface area contributed by atoms with E-state index in [9.17, 15) is 13.2 Å². The molecule has 0 bridgehead atoms. The van der Waals surface area contributed by atoms with Crippen LogP contribution in [0.1, 0.15) is 39.7 Å². The lowest BCUT2D eigenvalue weighted by Gasteiger charge is -2.35. The van der Waals surface area contributed by atoms with Gasteiger partial charge in [0.1, 0.15) is 5.69 Å². The molecule has 2 aromatic carbocycles. The number of benzene rings is 2. The second-order valence-corrected chi connectivity index (χ2v) is 14.9. The summed E-state index contributed by atoms with van der Waals surface area (Å²) in [6.07, 6.45) is 4.80. The highest BCUT2D eigenvalue weighted by molar-refractivity contribution is 8.18. The van der Waals surface area contributed by atoms with Crippen molar-refractivity contribution < 1.29 is 17.9 Å². The quantitative estimate of drug-likeness (QED) is 0.358. The highest BCUT2D eigenvalue weighted by Gasteiger charge is 2.33. The van der Waals surface area contributed by atoms with Crippen molar-refractivity contribution in [1.29, 1.82) is 0 Å². The number of amides is 1. The number of para-hydroxylation sites is 1. The van der Waals surface area contributed by atoms with Crippen molar-refractivity contribution in [1.82, 2.24) is 19.0 Å². The van der Waals surface area contributed by atoms with Crippen LogP contribution in [-0.2, 0) is 19.6 Å². The fourth-order valence-corrected chi connectivity index (χ4v) is 8.84. The minimum atomic E-state index is -3.69. The van der Waals surface area contributed by atoms with E-state index in [1.165, 1.54) is 11.8 Å². The largest absolute Gasteiger partial charge is 0.372 e. The number of ether oxygens (including phenoxy) is 1. The van der Waals surface area contributed by atoms with Crippen molar-refractivity contribution in [2.75, 3.05) is 26.2 Å². The third kappa shape index (κ3) is 6.35. The van der Waals surface area contributed by atoms with Crippen LogP contribution >= 0.6 is 11.8 Å². The number of aliphatic imine (C=N–C) groups is 1. The topological polar surface area (TPSA) is 97.1 Å². The molecule has 3 aliphatic heterocycles. The van der Waals surface area contributed by atoms with Crippen LogP contribution in [0.15, 0.2) is 75.6 Å². The third-order valence-electron chi connectivity index (χ3n) is 7.93. The molecule has 0 spiro atoms. The lowest BCUT2D eigenvalue weighted by atomic mass is 9.94. The first-order chi connectivity index (χ1) is 20.6. The van der Waals surface area contributed by atoms with Crippen LogP contribution in [0.3, 0.4) is 0 Å². The zero-order valence-corrected chi connectivity index (χ0v) is 26.5. The van der Waals surface area contributed by atoms with Crippen LogP contribution < -0.4 is 0 Å². The van der Waals surface area contributed by atoms with Gasteiger partial charge >= 0.3 is 0 Å². The molecular formula is C32H37N5O4S2. The van der Waals surface area contributed by atoms with E-state index in [4.69, 9.17) is 9.84 Å². The average molecular weight is 620 g/mol. The van der Waals surface area contributed by atoms with Gasteiger partial charge in [-0.15, -0.1) is 0 Å². The maximum atomic E-state index is 13.7. The van der Waals surface area contributed by atoms with E-state index in [0.29, 0.717) is 64.9 Å². The summed E-state index contributed by atoms with van der Waals surface area (Å²) in [6, 6.07) is 16.7. The number of nitrogens with zero attached hydrogens (tertiary/aromatic N) is 5. The molecule has 0 aliphatic carbocycles. The van der Waals surface area contributed by atoms with Gasteiger partial charge in [-0.3, -0.25) is 4.79 Å². The molecule has 1 amide bonds. The molecule has 1 aromatic heterocycles. The van der Waals surface area contributed by atoms with Crippen molar-refractivity contribution in [3.05, 3.63) is 71.3 Å². The Kier molecular flexibility index (Phi) is 8.34. The summed E-state index contributed by atoms with van der Waals surface area (Å²) < 4.78 is 36.7. The predicted octanol–water partition coefficient (Wildman–Crippen LogP) is 5.29. The van der Waals surface area contributed by atoms with Gasteiger partial charge in [-0.2, -0.15) is 14.4 Å². The maximum absolute atomic E-state index is 13.7. The lowest BCUT2D eigenvalue weighted by Crippen LogP contribution is -2.47. The number of amidine groups is 1. The molecule has 11 heteroatoms. The Labute approximate surface area is 257 Å². The molecule has 4 atom stereocenters. The van der Waals surface area contributed by atoms with Gasteiger partial charge < -0.3 is 9.64 Å². The fraction of sp³-hybridized carbons (Fsp3) is 0.406. The highest BCUT2D eigenvalue weighted by Crippen LogP contribution is 2.35. The number of hydrogen-bond donors (Lipinski definition) is 0. The van der Waals surface area contributed by atoms with Crippen molar-refractivity contribution in [3.8, 4) is 16.9 Å². The van der Waals surface area contributed by atoms with Gasteiger partial charge in [0.25, 0.3) is 5.91 Å². The molecule has 4 unspecified atom stereocenters. The molecule has 2 fully saturated rings. The standard InChI is InChI=1S/C32H37N5O4S2/c1-21-13-22(2)17-36(16-21)43(39,40)28-12-8-9-25(14-28)30-26(20-37(34-30)27-10-6-5-7-11-27)15-29-31(38)33-32(42-29)35-18-23(3)41-24(4)19-35/h5-12,14-15,20-24H,13,16-19H2,1-4H3/b29-15-. The summed E-state index contributed by atoms with van der Waals surface area (Å²) in [5.41, 5.74) is 2.80. The van der Waals surface area contributed by atoms with E-state index in [1.54, 1.807) is 27.2 Å². The smallest absolute Gasteiger partial charge is 0.286 e. The molecule has 226 valence electrons. The van der Waals surface area contributed by atoms with Crippen LogP contribution in [0.4, 0.5) is 0 Å². The molecule has 6 rings (SSSR count). The minimum Gasteiger partial charge on any atom is -0.372 e. The summed E-state index contributed by atoms with van der Waals surface area (Å²) in [5, 5.41) is 5.56. The molecule has 43 heavy (non-hydrogen) atoms. The summed E-state index contributed by atoms with van der Waals surface area (Å²) in [7, 11) is -3.69. The number of rotatable bonds is 5. The van der Waals surface area contributed by atoms with Gasteiger partial charge in [-0.1, -0.05) is 44.2 Å². The Morgan fingerprint density at radius 3 is 2.33 bits per heavy atom. The van der Waals surface area contributed by atoms with Gasteiger partial charge in [-0.25, -0.2) is 13.1 Å². The third-order valence-corrected chi connectivity index (χ3v) is 10.8. The first-order valence-corrected chi connectivity index (χ1v) is 17.0. The van der Waals surface area contributed by atoms with Crippen LogP contribution in [0.2, 0.25) is 0 Å². The zero-order valence-electron chi connectivity index (χ0n) is 24.9. The number of carbonyl (C=O) groups excluding carboxylic acids is 1. The lowest BCUT2D eigenvalue weighted by molar-refractivity contribution is -0.113. The molecule has 0 radical (unpaired) electrons. The number of hydrogen-bond acceptors (Lipinski definition) is 7. The molecular weight excluding hydrogens is 583 g/mol. The number of morpholine rings is 1. The summed E-state index contributed by atoms with van der Waals surface area (Å²) >= 11 is 1.35. The Morgan fingerprint density at radius 1 is 0.930 bits per heavy atom. The van der Waals surface area contributed by atoms with Gasteiger partial charge in [0, 0.05) is 43.5 Å². The van der Waals surface area contributed by atoms with Gasteiger partial charge in [0.2, 0.25) is 10.0 Å². The first-order valence-electron chi connectivity index (χ1n) is 14.8. The van der Waals surface area contributed by atoms with E-state index in [0.717, 1.165) is 12.1 Å². The van der Waals surface area contributed by atoms with E-state index in [1.807, 2.05) is 62.5 Å². The molecule has 0 N–H and O–H groups in total. The molecule has 9 nitrogen and oxygen atoms in total. The predicted molar refractivity (Wildman–Crippen MR) is 170 cm³/mol. The Hall–Kier alpha value is -3.25. The Balaban J connectivity index is 1.36. The van der Waals surface area contributed by atoms with E-state index >= 15 is 0 Å². The van der Waals surface area contributed by atoms with Crippen molar-refractivity contribution in [2.45, 2.75) is 51.2 Å². The van der Waals surface area contributed by atoms with Gasteiger partial charge in [-0.05, 0) is 74.2 Å². The summed E-state index contributed by atoms with van der Waals surface area (Å²) in [4.78, 5) is 20.3. The second-order valence-electron chi connectivity index (χ2n) is 12.0. The van der Waals surface area contributed by atoms with Gasteiger partial charge in [0.15, 0.2) is 5.17 Å². The van der Waals surface area contributed by atoms with Crippen molar-refractivity contribution >= 4 is 38.9 Å². The van der Waals surface area contributed by atoms with Crippen LogP contribution in [0.5, 0.6) is 0 Å². The van der Waals surface area contributed by atoms with Gasteiger partial charge in [0.05, 0.1) is 27.7 Å². The van der Waals surface area contributed by atoms with Crippen LogP contribution in [-0.4, -0.2) is 76.9 Å². The summed E-state index contributed by atoms with van der Waals surface area (Å²) in [5.74, 6) is 0.313. The molecule has 3 aliphatic rings. The monoisotopic (exact) mass is 619 g/mol. The first kappa shape index (κ1) is 29.8. The van der Waals surface area contributed by atoms with Crippen molar-refractivity contribution in [2.24, 2.45) is 16.8 Å². The molecule has 4 heterocycles. The molecule has 0 saturated carbocycles. The number of aromatic nitrogens is 2. The average Bonchev–Trinajstić information content (AvgIpc) is 3.56.